The number of hydrogen-bond acceptors (Lipinski definition) is 6. The van der Waals surface area contributed by atoms with Gasteiger partial charge in [0, 0.05) is 35.7 Å². The largest absolute Gasteiger partial charge is 0.488 e. The third-order valence-electron chi connectivity index (χ3n) is 5.16. The van der Waals surface area contributed by atoms with Crippen LogP contribution in [0.5, 0.6) is 5.75 Å². The van der Waals surface area contributed by atoms with E-state index in [1.807, 2.05) is 26.0 Å². The Morgan fingerprint density at radius 1 is 1.24 bits per heavy atom. The Kier molecular flexibility index (Phi) is 7.55. The van der Waals surface area contributed by atoms with Crippen molar-refractivity contribution in [2.24, 2.45) is 5.92 Å². The molecule has 2 aromatic carbocycles. The van der Waals surface area contributed by atoms with Crippen molar-refractivity contribution in [1.82, 2.24) is 4.72 Å². The van der Waals surface area contributed by atoms with E-state index in [-0.39, 0.29) is 17.8 Å². The highest BCUT2D eigenvalue weighted by atomic mass is 32.2. The van der Waals surface area contributed by atoms with Crippen LogP contribution in [0.25, 0.3) is 11.1 Å². The molecule has 0 saturated heterocycles. The number of carbonyl (C=O) groups is 1. The lowest BCUT2D eigenvalue weighted by molar-refractivity contribution is 0.0288. The molecule has 0 radical (unpaired) electrons. The van der Waals surface area contributed by atoms with Gasteiger partial charge in [-0.1, -0.05) is 20.8 Å². The molecule has 2 N–H and O–H groups in total. The second-order valence-corrected chi connectivity index (χ2v) is 10.2. The number of carboxylic acids is 1. The monoisotopic (exact) mass is 480 g/mol. The quantitative estimate of drug-likeness (QED) is 0.545. The first kappa shape index (κ1) is 25.3. The van der Waals surface area contributed by atoms with Crippen LogP contribution in [0.4, 0.5) is 14.5 Å². The van der Waals surface area contributed by atoms with Crippen molar-refractivity contribution in [3.05, 3.63) is 41.0 Å². The van der Waals surface area contributed by atoms with Gasteiger partial charge in [0.15, 0.2) is 11.6 Å². The van der Waals surface area contributed by atoms with Crippen molar-refractivity contribution >= 4 is 23.6 Å². The summed E-state index contributed by atoms with van der Waals surface area (Å²) in [4.78, 5) is 14.3. The fourth-order valence-corrected chi connectivity index (χ4v) is 4.34. The van der Waals surface area contributed by atoms with Gasteiger partial charge >= 0.3 is 5.97 Å². The summed E-state index contributed by atoms with van der Waals surface area (Å²) < 4.78 is 43.0. The Bertz CT molecular complexity index is 1060. The maximum absolute atomic E-state index is 14.5. The summed E-state index contributed by atoms with van der Waals surface area (Å²) in [6.07, 6.45) is 0. The van der Waals surface area contributed by atoms with Crippen molar-refractivity contribution in [3.63, 3.8) is 0 Å². The van der Waals surface area contributed by atoms with Crippen molar-refractivity contribution in [2.45, 2.75) is 51.7 Å². The predicted octanol–water partition coefficient (Wildman–Crippen LogP) is 5.68. The molecule has 6 nitrogen and oxygen atoms in total. The minimum atomic E-state index is -1.51. The number of nitrogens with zero attached hydrogens (tertiary/aromatic N) is 1. The molecule has 0 aromatic heterocycles. The Hall–Kier alpha value is -2.36. The van der Waals surface area contributed by atoms with E-state index in [0.29, 0.717) is 30.1 Å². The summed E-state index contributed by atoms with van der Waals surface area (Å²) in [5.74, 6) is -2.73. The lowest BCUT2D eigenvalue weighted by Crippen LogP contribution is -2.45. The van der Waals surface area contributed by atoms with Gasteiger partial charge in [0.25, 0.3) is 0 Å². The first-order valence-corrected chi connectivity index (χ1v) is 11.5. The number of nitrogens with one attached hydrogen (secondary N) is 1. The molecule has 0 unspecified atom stereocenters. The maximum atomic E-state index is 14.5. The number of aromatic carboxylic acids is 1. The molecule has 0 bridgehead atoms. The van der Waals surface area contributed by atoms with Crippen LogP contribution in [0.15, 0.2) is 23.1 Å². The van der Waals surface area contributed by atoms with Crippen molar-refractivity contribution in [3.8, 4) is 16.9 Å². The fraction of sp³-hybridized carbons (Fsp3) is 0.458. The third kappa shape index (κ3) is 5.42. The summed E-state index contributed by atoms with van der Waals surface area (Å²) in [5, 5.41) is 9.23. The van der Waals surface area contributed by atoms with E-state index in [4.69, 9.17) is 9.47 Å². The minimum Gasteiger partial charge on any atom is -0.488 e. The number of fused-ring (bicyclic) bond motifs is 4. The molecule has 0 aliphatic carbocycles. The highest BCUT2D eigenvalue weighted by Crippen LogP contribution is 2.46. The first-order chi connectivity index (χ1) is 15.4. The standard InChI is InChI=1S/C20H20F2N2O4S.C4H10/c1-20(2,27-3)8-24-9-23-29-16-5-11-10-4-12(19(25)26)17(21)18(22)13(10)7-28-15(11)6-14(16)24;1-4(2)3/h4-6,23H,7-9H2,1-3H3,(H,25,26);4H,1-3H3. The van der Waals surface area contributed by atoms with E-state index in [1.54, 1.807) is 7.11 Å². The van der Waals surface area contributed by atoms with E-state index >= 15 is 0 Å². The molecular formula is C24H30F2N2O4S. The Morgan fingerprint density at radius 2 is 1.91 bits per heavy atom. The van der Waals surface area contributed by atoms with Crippen LogP contribution >= 0.6 is 11.9 Å². The lowest BCUT2D eigenvalue weighted by Gasteiger charge is -2.37. The summed E-state index contributed by atoms with van der Waals surface area (Å²) in [7, 11) is 1.66. The zero-order valence-electron chi connectivity index (χ0n) is 19.7. The highest BCUT2D eigenvalue weighted by molar-refractivity contribution is 7.97. The van der Waals surface area contributed by atoms with Gasteiger partial charge in [0.1, 0.15) is 12.4 Å². The van der Waals surface area contributed by atoms with E-state index in [2.05, 4.69) is 30.4 Å². The molecule has 2 aliphatic rings. The number of hydrogen-bond donors (Lipinski definition) is 2. The second-order valence-electron chi connectivity index (χ2n) is 9.29. The smallest absolute Gasteiger partial charge is 0.338 e. The van der Waals surface area contributed by atoms with Gasteiger partial charge in [0.2, 0.25) is 0 Å². The first-order valence-electron chi connectivity index (χ1n) is 10.7. The van der Waals surface area contributed by atoms with Gasteiger partial charge in [-0.2, -0.15) is 0 Å². The van der Waals surface area contributed by atoms with Crippen LogP contribution in [-0.2, 0) is 11.3 Å². The second kappa shape index (κ2) is 9.87. The molecule has 33 heavy (non-hydrogen) atoms. The molecule has 2 heterocycles. The molecule has 0 spiro atoms. The molecular weight excluding hydrogens is 450 g/mol. The topological polar surface area (TPSA) is 71.0 Å². The van der Waals surface area contributed by atoms with Crippen LogP contribution in [0.3, 0.4) is 0 Å². The minimum absolute atomic E-state index is 0.0195. The van der Waals surface area contributed by atoms with Crippen LogP contribution in [0.2, 0.25) is 0 Å². The van der Waals surface area contributed by atoms with Gasteiger partial charge in [-0.05, 0) is 49.4 Å². The summed E-state index contributed by atoms with van der Waals surface area (Å²) in [6.45, 7) is 11.5. The number of benzene rings is 2. The predicted molar refractivity (Wildman–Crippen MR) is 126 cm³/mol. The van der Waals surface area contributed by atoms with Crippen LogP contribution < -0.4 is 14.4 Å². The fourth-order valence-electron chi connectivity index (χ4n) is 3.50. The SMILES string of the molecule is CC(C)C.COC(C)(C)CN1CNSc2cc3c(cc21)OCc1c-3cc(C(=O)O)c(F)c1F. The maximum Gasteiger partial charge on any atom is 0.338 e. The normalized spacial score (nSPS) is 14.5. The van der Waals surface area contributed by atoms with E-state index in [9.17, 15) is 18.7 Å². The van der Waals surface area contributed by atoms with Gasteiger partial charge in [0.05, 0.1) is 23.5 Å². The number of anilines is 1. The molecule has 180 valence electrons. The van der Waals surface area contributed by atoms with Crippen molar-refractivity contribution in [1.29, 1.82) is 0 Å². The van der Waals surface area contributed by atoms with Crippen LogP contribution in [-0.4, -0.2) is 37.0 Å². The van der Waals surface area contributed by atoms with Crippen LogP contribution in [0.1, 0.15) is 50.5 Å². The van der Waals surface area contributed by atoms with E-state index < -0.39 is 23.2 Å². The summed E-state index contributed by atoms with van der Waals surface area (Å²) in [6, 6.07) is 4.85. The Morgan fingerprint density at radius 3 is 2.52 bits per heavy atom. The summed E-state index contributed by atoms with van der Waals surface area (Å²) >= 11 is 1.42. The average molecular weight is 481 g/mol. The molecule has 0 saturated carbocycles. The third-order valence-corrected chi connectivity index (χ3v) is 5.98. The van der Waals surface area contributed by atoms with Crippen LogP contribution in [0, 0.1) is 17.6 Å². The van der Waals surface area contributed by atoms with Gasteiger partial charge < -0.3 is 19.5 Å². The van der Waals surface area contributed by atoms with Gasteiger partial charge in [-0.25, -0.2) is 18.3 Å². The number of carboxylic acid groups (broad SMARTS) is 1. The molecule has 2 aromatic rings. The van der Waals surface area contributed by atoms with E-state index in [0.717, 1.165) is 16.5 Å². The molecule has 9 heteroatoms. The van der Waals surface area contributed by atoms with Crippen molar-refractivity contribution < 1.29 is 28.2 Å². The zero-order valence-corrected chi connectivity index (χ0v) is 20.5. The molecule has 0 atom stereocenters. The molecule has 0 fully saturated rings. The Labute approximate surface area is 197 Å². The lowest BCUT2D eigenvalue weighted by atomic mass is 9.93. The number of halogens is 2. The number of rotatable bonds is 4. The van der Waals surface area contributed by atoms with Gasteiger partial charge in [-0.15, -0.1) is 0 Å². The molecule has 2 aliphatic heterocycles. The number of methoxy groups -OCH3 is 1. The average Bonchev–Trinajstić information content (AvgIpc) is 2.74. The summed E-state index contributed by atoms with van der Waals surface area (Å²) in [5.41, 5.74) is 0.754. The molecule has 4 rings (SSSR count). The van der Waals surface area contributed by atoms with Gasteiger partial charge in [-0.3, -0.25) is 0 Å². The molecule has 0 amide bonds. The number of ether oxygens (including phenoxy) is 2. The van der Waals surface area contributed by atoms with Crippen molar-refractivity contribution in [2.75, 3.05) is 25.2 Å². The zero-order chi connectivity index (χ0) is 24.5. The highest BCUT2D eigenvalue weighted by Gasteiger charge is 2.31. The van der Waals surface area contributed by atoms with E-state index in [1.165, 1.54) is 18.0 Å². The Balaban J connectivity index is 0.000000709.